The standard InChI is InChI=1S/C11H17NS.H2/c1-2-6-10(12)9-13-11-7-4-3-5-8-11;/h3-5,7-8,10H,2,6,9,12H2,1H3;1H/t10-;/m1./s1. The highest BCUT2D eigenvalue weighted by molar-refractivity contribution is 7.99. The van der Waals surface area contributed by atoms with Crippen LogP contribution in [-0.2, 0) is 0 Å². The minimum absolute atomic E-state index is 0. The van der Waals surface area contributed by atoms with Crippen molar-refractivity contribution >= 4 is 11.8 Å². The van der Waals surface area contributed by atoms with Crippen LogP contribution in [0, 0.1) is 0 Å². The topological polar surface area (TPSA) is 26.0 Å². The van der Waals surface area contributed by atoms with Crippen LogP contribution in [-0.4, -0.2) is 11.8 Å². The van der Waals surface area contributed by atoms with Crippen LogP contribution in [0.15, 0.2) is 35.2 Å². The third-order valence-corrected chi connectivity index (χ3v) is 3.07. The fraction of sp³-hybridized carbons (Fsp3) is 0.455. The van der Waals surface area contributed by atoms with Crippen LogP contribution in [0.5, 0.6) is 0 Å². The lowest BCUT2D eigenvalue weighted by Gasteiger charge is -2.08. The van der Waals surface area contributed by atoms with E-state index in [1.54, 1.807) is 0 Å². The molecule has 2 heteroatoms. The summed E-state index contributed by atoms with van der Waals surface area (Å²) in [5.74, 6) is 1.03. The molecule has 0 heterocycles. The van der Waals surface area contributed by atoms with Gasteiger partial charge in [0, 0.05) is 18.1 Å². The number of hydrogen-bond donors (Lipinski definition) is 1. The Hall–Kier alpha value is -0.470. The predicted octanol–water partition coefficient (Wildman–Crippen LogP) is 3.15. The van der Waals surface area contributed by atoms with Gasteiger partial charge in [-0.1, -0.05) is 31.5 Å². The lowest BCUT2D eigenvalue weighted by Crippen LogP contribution is -2.22. The van der Waals surface area contributed by atoms with E-state index < -0.39 is 0 Å². The highest BCUT2D eigenvalue weighted by atomic mass is 32.2. The van der Waals surface area contributed by atoms with Crippen molar-refractivity contribution in [2.75, 3.05) is 5.75 Å². The molecule has 0 unspecified atom stereocenters. The van der Waals surface area contributed by atoms with Gasteiger partial charge >= 0.3 is 0 Å². The molecule has 0 aromatic heterocycles. The molecule has 2 N–H and O–H groups in total. The Kier molecular flexibility index (Phi) is 4.94. The fourth-order valence-corrected chi connectivity index (χ4v) is 2.10. The molecule has 13 heavy (non-hydrogen) atoms. The Morgan fingerprint density at radius 2 is 2.08 bits per heavy atom. The van der Waals surface area contributed by atoms with Crippen molar-refractivity contribution in [3.63, 3.8) is 0 Å². The summed E-state index contributed by atoms with van der Waals surface area (Å²) in [6, 6.07) is 10.8. The molecule has 0 saturated heterocycles. The maximum Gasteiger partial charge on any atom is 0.0133 e. The molecular weight excluding hydrogens is 178 g/mol. The van der Waals surface area contributed by atoms with Gasteiger partial charge in [-0.15, -0.1) is 11.8 Å². The highest BCUT2D eigenvalue weighted by Gasteiger charge is 2.01. The second-order valence-electron chi connectivity index (χ2n) is 3.17. The van der Waals surface area contributed by atoms with Gasteiger partial charge in [0.2, 0.25) is 0 Å². The van der Waals surface area contributed by atoms with Gasteiger partial charge in [-0.3, -0.25) is 0 Å². The third-order valence-electron chi connectivity index (χ3n) is 1.87. The summed E-state index contributed by atoms with van der Waals surface area (Å²) in [6.07, 6.45) is 2.30. The van der Waals surface area contributed by atoms with Crippen LogP contribution in [0.4, 0.5) is 0 Å². The van der Waals surface area contributed by atoms with E-state index in [0.29, 0.717) is 6.04 Å². The van der Waals surface area contributed by atoms with Crippen LogP contribution in [0.2, 0.25) is 0 Å². The average molecular weight is 197 g/mol. The van der Waals surface area contributed by atoms with Gasteiger partial charge in [0.15, 0.2) is 0 Å². The molecule has 1 aromatic rings. The molecule has 0 amide bonds. The SMILES string of the molecule is CCC[C@@H](N)CSc1ccccc1.[HH]. The van der Waals surface area contributed by atoms with Gasteiger partial charge in [0.1, 0.15) is 0 Å². The van der Waals surface area contributed by atoms with Crippen molar-refractivity contribution in [1.82, 2.24) is 0 Å². The molecule has 0 aliphatic rings. The van der Waals surface area contributed by atoms with E-state index in [0.717, 1.165) is 12.2 Å². The summed E-state index contributed by atoms with van der Waals surface area (Å²) in [5.41, 5.74) is 5.91. The molecule has 74 valence electrons. The van der Waals surface area contributed by atoms with Crippen molar-refractivity contribution in [3.8, 4) is 0 Å². The molecule has 0 spiro atoms. The first-order valence-corrected chi connectivity index (χ1v) is 5.75. The third kappa shape index (κ3) is 4.34. The van der Waals surface area contributed by atoms with E-state index in [2.05, 4.69) is 31.2 Å². The monoisotopic (exact) mass is 197 g/mol. The Labute approximate surface area is 86.2 Å². The van der Waals surface area contributed by atoms with Crippen molar-refractivity contribution < 1.29 is 1.43 Å². The van der Waals surface area contributed by atoms with Crippen LogP contribution < -0.4 is 5.73 Å². The molecule has 1 rings (SSSR count). The smallest absolute Gasteiger partial charge is 0.0133 e. The summed E-state index contributed by atoms with van der Waals surface area (Å²) in [4.78, 5) is 1.31. The second-order valence-corrected chi connectivity index (χ2v) is 4.27. The van der Waals surface area contributed by atoms with Crippen molar-refractivity contribution in [2.24, 2.45) is 5.73 Å². The lowest BCUT2D eigenvalue weighted by atomic mass is 10.2. The van der Waals surface area contributed by atoms with Gasteiger partial charge in [0.05, 0.1) is 0 Å². The minimum Gasteiger partial charge on any atom is -0.327 e. The van der Waals surface area contributed by atoms with Crippen molar-refractivity contribution in [2.45, 2.75) is 30.7 Å². The number of benzene rings is 1. The first-order chi connectivity index (χ1) is 6.33. The van der Waals surface area contributed by atoms with E-state index in [9.17, 15) is 0 Å². The summed E-state index contributed by atoms with van der Waals surface area (Å²) in [5, 5.41) is 0. The van der Waals surface area contributed by atoms with Crippen LogP contribution in [0.3, 0.4) is 0 Å². The van der Waals surface area contributed by atoms with E-state index in [-0.39, 0.29) is 1.43 Å². The zero-order valence-corrected chi connectivity index (χ0v) is 8.89. The summed E-state index contributed by atoms with van der Waals surface area (Å²) in [6.45, 7) is 2.17. The van der Waals surface area contributed by atoms with Gasteiger partial charge < -0.3 is 5.73 Å². The van der Waals surface area contributed by atoms with Crippen LogP contribution in [0.1, 0.15) is 21.2 Å². The van der Waals surface area contributed by atoms with E-state index in [1.807, 2.05) is 17.8 Å². The fourth-order valence-electron chi connectivity index (χ4n) is 1.17. The maximum absolute atomic E-state index is 5.91. The number of thioether (sulfide) groups is 1. The maximum atomic E-state index is 5.91. The molecule has 1 nitrogen and oxygen atoms in total. The second kappa shape index (κ2) is 6.06. The number of rotatable bonds is 5. The van der Waals surface area contributed by atoms with E-state index in [4.69, 9.17) is 5.73 Å². The van der Waals surface area contributed by atoms with E-state index >= 15 is 0 Å². The molecule has 0 saturated carbocycles. The van der Waals surface area contributed by atoms with Gasteiger partial charge in [-0.25, -0.2) is 0 Å². The molecule has 0 aliphatic carbocycles. The molecule has 1 atom stereocenters. The quantitative estimate of drug-likeness (QED) is 0.734. The zero-order valence-electron chi connectivity index (χ0n) is 8.07. The predicted molar refractivity (Wildman–Crippen MR) is 62.2 cm³/mol. The van der Waals surface area contributed by atoms with Crippen LogP contribution in [0.25, 0.3) is 0 Å². The van der Waals surface area contributed by atoms with Crippen molar-refractivity contribution in [1.29, 1.82) is 0 Å². The largest absolute Gasteiger partial charge is 0.327 e. The Balaban J connectivity index is 0.00000169. The molecule has 1 aromatic carbocycles. The first-order valence-electron chi connectivity index (χ1n) is 4.76. The molecule has 0 bridgehead atoms. The van der Waals surface area contributed by atoms with Gasteiger partial charge in [-0.05, 0) is 18.6 Å². The average Bonchev–Trinajstić information content (AvgIpc) is 2.17. The number of hydrogen-bond acceptors (Lipinski definition) is 2. The van der Waals surface area contributed by atoms with Crippen molar-refractivity contribution in [3.05, 3.63) is 30.3 Å². The van der Waals surface area contributed by atoms with E-state index in [1.165, 1.54) is 11.3 Å². The van der Waals surface area contributed by atoms with Crippen LogP contribution >= 0.6 is 11.8 Å². The summed E-state index contributed by atoms with van der Waals surface area (Å²) < 4.78 is 0. The Bertz CT molecular complexity index is 228. The molecular formula is C11H19NS. The summed E-state index contributed by atoms with van der Waals surface area (Å²) in [7, 11) is 0. The molecule has 0 aliphatic heterocycles. The van der Waals surface area contributed by atoms with Gasteiger partial charge in [-0.2, -0.15) is 0 Å². The minimum atomic E-state index is 0. The summed E-state index contributed by atoms with van der Waals surface area (Å²) >= 11 is 1.84. The number of nitrogens with two attached hydrogens (primary N) is 1. The lowest BCUT2D eigenvalue weighted by molar-refractivity contribution is 0.661. The molecule has 0 fully saturated rings. The highest BCUT2D eigenvalue weighted by Crippen LogP contribution is 2.18. The molecule has 0 radical (unpaired) electrons. The zero-order chi connectivity index (χ0) is 9.52. The van der Waals surface area contributed by atoms with Gasteiger partial charge in [0.25, 0.3) is 0 Å². The Morgan fingerprint density at radius 1 is 1.38 bits per heavy atom. The normalized spacial score (nSPS) is 12.8. The first kappa shape index (κ1) is 10.6. The Morgan fingerprint density at radius 3 is 2.69 bits per heavy atom.